The van der Waals surface area contributed by atoms with Gasteiger partial charge < -0.3 is 5.32 Å². The molecule has 0 aromatic heterocycles. The number of para-hydroxylation sites is 1. The minimum Gasteiger partial charge on any atom is -0.325 e. The van der Waals surface area contributed by atoms with Crippen LogP contribution in [0.4, 0.5) is 5.69 Å². The van der Waals surface area contributed by atoms with Crippen molar-refractivity contribution in [1.29, 1.82) is 5.26 Å². The van der Waals surface area contributed by atoms with Gasteiger partial charge in [-0.05, 0) is 24.0 Å². The highest BCUT2D eigenvalue weighted by Crippen LogP contribution is 2.24. The van der Waals surface area contributed by atoms with Crippen LogP contribution in [0.1, 0.15) is 45.1 Å². The summed E-state index contributed by atoms with van der Waals surface area (Å²) in [7, 11) is 0. The number of hydrogen-bond donors (Lipinski definition) is 1. The van der Waals surface area contributed by atoms with E-state index in [0.29, 0.717) is 12.3 Å². The predicted molar refractivity (Wildman–Crippen MR) is 73.2 cm³/mol. The Morgan fingerprint density at radius 2 is 2.06 bits per heavy atom. The molecule has 0 radical (unpaired) electrons. The number of nitrogens with one attached hydrogen (secondary N) is 1. The van der Waals surface area contributed by atoms with Crippen LogP contribution in [0.5, 0.6) is 0 Å². The fraction of sp³-hybridized carbons (Fsp3) is 0.467. The molecule has 0 saturated heterocycles. The van der Waals surface area contributed by atoms with Gasteiger partial charge in [0.15, 0.2) is 0 Å². The molecule has 0 aliphatic rings. The molecule has 3 nitrogen and oxygen atoms in total. The summed E-state index contributed by atoms with van der Waals surface area (Å²) in [4.78, 5) is 12.0. The topological polar surface area (TPSA) is 52.9 Å². The maximum Gasteiger partial charge on any atom is 0.241 e. The van der Waals surface area contributed by atoms with Crippen molar-refractivity contribution in [2.24, 2.45) is 5.92 Å². The largest absolute Gasteiger partial charge is 0.325 e. The van der Waals surface area contributed by atoms with Crippen molar-refractivity contribution in [3.05, 3.63) is 29.8 Å². The summed E-state index contributed by atoms with van der Waals surface area (Å²) in [6, 6.07) is 9.79. The quantitative estimate of drug-likeness (QED) is 0.858. The highest BCUT2D eigenvalue weighted by atomic mass is 16.1. The maximum absolute atomic E-state index is 12.0. The van der Waals surface area contributed by atoms with Crippen molar-refractivity contribution < 1.29 is 4.79 Å². The Labute approximate surface area is 109 Å². The second-order valence-corrected chi connectivity index (χ2v) is 4.70. The van der Waals surface area contributed by atoms with Crippen molar-refractivity contribution >= 4 is 11.6 Å². The molecule has 1 rings (SSSR count). The number of carbonyl (C=O) groups excluding carboxylic acids is 1. The average Bonchev–Trinajstić information content (AvgIpc) is 2.36. The minimum atomic E-state index is -0.560. The lowest BCUT2D eigenvalue weighted by molar-refractivity contribution is -0.118. The Bertz CT molecular complexity index is 446. The summed E-state index contributed by atoms with van der Waals surface area (Å²) in [5, 5.41) is 11.8. The lowest BCUT2D eigenvalue weighted by Gasteiger charge is -2.15. The van der Waals surface area contributed by atoms with E-state index >= 15 is 0 Å². The van der Waals surface area contributed by atoms with Crippen molar-refractivity contribution in [3.8, 4) is 6.07 Å². The van der Waals surface area contributed by atoms with E-state index in [2.05, 4.69) is 25.2 Å². The smallest absolute Gasteiger partial charge is 0.241 e. The molecule has 0 aliphatic heterocycles. The molecule has 18 heavy (non-hydrogen) atoms. The zero-order valence-electron chi connectivity index (χ0n) is 11.2. The normalized spacial score (nSPS) is 11.9. The van der Waals surface area contributed by atoms with Crippen LogP contribution in [0.15, 0.2) is 24.3 Å². The summed E-state index contributed by atoms with van der Waals surface area (Å²) in [5.74, 6) is -0.420. The molecule has 0 aliphatic carbocycles. The third kappa shape index (κ3) is 3.59. The van der Waals surface area contributed by atoms with Gasteiger partial charge in [0.05, 0.1) is 6.07 Å². The first-order valence-corrected chi connectivity index (χ1v) is 6.39. The van der Waals surface area contributed by atoms with E-state index in [1.807, 2.05) is 31.2 Å². The van der Waals surface area contributed by atoms with Gasteiger partial charge in [0.2, 0.25) is 5.91 Å². The molecule has 1 aromatic carbocycles. The van der Waals surface area contributed by atoms with E-state index in [1.165, 1.54) is 0 Å². The molecular weight excluding hydrogens is 224 g/mol. The van der Waals surface area contributed by atoms with Gasteiger partial charge in [0.25, 0.3) is 0 Å². The number of anilines is 1. The van der Waals surface area contributed by atoms with Gasteiger partial charge in [-0.25, -0.2) is 0 Å². The molecule has 1 unspecified atom stereocenters. The number of hydrogen-bond acceptors (Lipinski definition) is 2. The van der Waals surface area contributed by atoms with Gasteiger partial charge in [-0.1, -0.05) is 45.4 Å². The molecule has 0 spiro atoms. The minimum absolute atomic E-state index is 0.201. The number of benzene rings is 1. The molecule has 1 atom stereocenters. The fourth-order valence-electron chi connectivity index (χ4n) is 1.88. The predicted octanol–water partition coefficient (Wildman–Crippen LogP) is 3.69. The standard InChI is InChI=1S/C15H20N2O/c1-4-7-12(10-16)15(18)17-14-9-6-5-8-13(14)11(2)3/h5-6,8-9,11-12H,4,7H2,1-3H3,(H,17,18). The van der Waals surface area contributed by atoms with E-state index in [-0.39, 0.29) is 5.91 Å². The van der Waals surface area contributed by atoms with Crippen LogP contribution in [-0.2, 0) is 4.79 Å². The first-order chi connectivity index (χ1) is 8.60. The molecule has 0 saturated carbocycles. The van der Waals surface area contributed by atoms with Gasteiger partial charge in [-0.2, -0.15) is 5.26 Å². The number of rotatable bonds is 5. The monoisotopic (exact) mass is 244 g/mol. The van der Waals surface area contributed by atoms with Gasteiger partial charge in [0.1, 0.15) is 5.92 Å². The van der Waals surface area contributed by atoms with E-state index in [9.17, 15) is 4.79 Å². The van der Waals surface area contributed by atoms with Crippen molar-refractivity contribution in [2.75, 3.05) is 5.32 Å². The summed E-state index contributed by atoms with van der Waals surface area (Å²) in [6.07, 6.45) is 1.43. The SMILES string of the molecule is CCCC(C#N)C(=O)Nc1ccccc1C(C)C. The third-order valence-corrected chi connectivity index (χ3v) is 2.89. The first-order valence-electron chi connectivity index (χ1n) is 6.39. The van der Waals surface area contributed by atoms with Gasteiger partial charge in [0, 0.05) is 5.69 Å². The van der Waals surface area contributed by atoms with E-state index in [1.54, 1.807) is 0 Å². The highest BCUT2D eigenvalue weighted by molar-refractivity contribution is 5.94. The molecule has 1 aromatic rings. The second kappa shape index (κ2) is 6.80. The third-order valence-electron chi connectivity index (χ3n) is 2.89. The van der Waals surface area contributed by atoms with Gasteiger partial charge in [-0.15, -0.1) is 0 Å². The molecule has 0 heterocycles. The Balaban J connectivity index is 2.85. The zero-order valence-corrected chi connectivity index (χ0v) is 11.2. The molecular formula is C15H20N2O. The summed E-state index contributed by atoms with van der Waals surface area (Å²) >= 11 is 0. The summed E-state index contributed by atoms with van der Waals surface area (Å²) < 4.78 is 0. The molecule has 96 valence electrons. The number of amides is 1. The lowest BCUT2D eigenvalue weighted by Crippen LogP contribution is -2.22. The van der Waals surface area contributed by atoms with Crippen LogP contribution in [0.3, 0.4) is 0 Å². The van der Waals surface area contributed by atoms with E-state index < -0.39 is 5.92 Å². The zero-order chi connectivity index (χ0) is 13.5. The Morgan fingerprint density at radius 1 is 1.39 bits per heavy atom. The second-order valence-electron chi connectivity index (χ2n) is 4.70. The summed E-state index contributed by atoms with van der Waals surface area (Å²) in [5.41, 5.74) is 1.91. The fourth-order valence-corrected chi connectivity index (χ4v) is 1.88. The van der Waals surface area contributed by atoms with E-state index in [0.717, 1.165) is 17.7 Å². The Hall–Kier alpha value is -1.82. The molecule has 1 N–H and O–H groups in total. The maximum atomic E-state index is 12.0. The van der Waals surface area contributed by atoms with Crippen molar-refractivity contribution in [1.82, 2.24) is 0 Å². The van der Waals surface area contributed by atoms with Crippen LogP contribution >= 0.6 is 0 Å². The number of carbonyl (C=O) groups is 1. The van der Waals surface area contributed by atoms with Gasteiger partial charge >= 0.3 is 0 Å². The Kier molecular flexibility index (Phi) is 5.38. The first kappa shape index (κ1) is 14.2. The molecule has 0 bridgehead atoms. The Morgan fingerprint density at radius 3 is 2.61 bits per heavy atom. The van der Waals surface area contributed by atoms with Crippen LogP contribution in [0.2, 0.25) is 0 Å². The van der Waals surface area contributed by atoms with Crippen LogP contribution in [0, 0.1) is 17.2 Å². The van der Waals surface area contributed by atoms with Crippen LogP contribution in [0.25, 0.3) is 0 Å². The molecule has 3 heteroatoms. The molecule has 1 amide bonds. The van der Waals surface area contributed by atoms with Gasteiger partial charge in [-0.3, -0.25) is 4.79 Å². The summed E-state index contributed by atoms with van der Waals surface area (Å²) in [6.45, 7) is 6.14. The van der Waals surface area contributed by atoms with Crippen molar-refractivity contribution in [2.45, 2.75) is 39.5 Å². The molecule has 0 fully saturated rings. The lowest BCUT2D eigenvalue weighted by atomic mass is 10.00. The number of nitriles is 1. The van der Waals surface area contributed by atoms with Crippen molar-refractivity contribution in [3.63, 3.8) is 0 Å². The number of nitrogens with zero attached hydrogens (tertiary/aromatic N) is 1. The van der Waals surface area contributed by atoms with Crippen LogP contribution in [-0.4, -0.2) is 5.91 Å². The van der Waals surface area contributed by atoms with E-state index in [4.69, 9.17) is 5.26 Å². The highest BCUT2D eigenvalue weighted by Gasteiger charge is 2.18. The van der Waals surface area contributed by atoms with Crippen LogP contribution < -0.4 is 5.32 Å². The average molecular weight is 244 g/mol.